The van der Waals surface area contributed by atoms with Gasteiger partial charge in [0.2, 0.25) is 0 Å². The quantitative estimate of drug-likeness (QED) is 0.763. The Kier molecular flexibility index (Phi) is 6.05. The molecule has 0 aromatic heterocycles. The van der Waals surface area contributed by atoms with E-state index in [1.54, 1.807) is 7.11 Å². The van der Waals surface area contributed by atoms with Crippen molar-refractivity contribution in [3.05, 3.63) is 34.3 Å². The van der Waals surface area contributed by atoms with E-state index < -0.39 is 0 Å². The molecule has 1 aromatic carbocycles. The van der Waals surface area contributed by atoms with E-state index in [1.807, 2.05) is 24.3 Å². The van der Waals surface area contributed by atoms with Gasteiger partial charge in [-0.3, -0.25) is 4.79 Å². The first kappa shape index (κ1) is 15.5. The normalized spacial score (nSPS) is 22.5. The number of carbonyl (C=O) groups excluding carboxylic acids is 1. The van der Waals surface area contributed by atoms with Gasteiger partial charge in [-0.25, -0.2) is 0 Å². The van der Waals surface area contributed by atoms with E-state index in [0.29, 0.717) is 6.42 Å². The molecule has 3 nitrogen and oxygen atoms in total. The zero-order valence-corrected chi connectivity index (χ0v) is 13.4. The minimum atomic E-state index is -0.105. The van der Waals surface area contributed by atoms with Gasteiger partial charge >= 0.3 is 5.97 Å². The highest BCUT2D eigenvalue weighted by Gasteiger charge is 2.24. The van der Waals surface area contributed by atoms with Crippen molar-refractivity contribution in [3.8, 4) is 0 Å². The van der Waals surface area contributed by atoms with Crippen molar-refractivity contribution in [1.29, 1.82) is 0 Å². The second-order valence-electron chi connectivity index (χ2n) is 5.27. The molecule has 1 aliphatic rings. The Labute approximate surface area is 128 Å². The van der Waals surface area contributed by atoms with E-state index >= 15 is 0 Å². The maximum atomic E-state index is 11.9. The predicted molar refractivity (Wildman–Crippen MR) is 81.6 cm³/mol. The molecular formula is C16H21BrO3. The number of carbonyl (C=O) groups is 1. The second-order valence-corrected chi connectivity index (χ2v) is 6.18. The molecule has 4 heteroatoms. The van der Waals surface area contributed by atoms with Crippen LogP contribution >= 0.6 is 15.9 Å². The average Bonchev–Trinajstić information content (AvgIpc) is 2.45. The summed E-state index contributed by atoms with van der Waals surface area (Å²) in [5.41, 5.74) is 1.15. The number of halogens is 1. The fraction of sp³-hybridized carbons (Fsp3) is 0.562. The van der Waals surface area contributed by atoms with E-state index in [9.17, 15) is 4.79 Å². The van der Waals surface area contributed by atoms with Crippen LogP contribution in [0.2, 0.25) is 0 Å². The molecule has 0 aliphatic heterocycles. The fourth-order valence-electron chi connectivity index (χ4n) is 2.61. The highest BCUT2D eigenvalue weighted by molar-refractivity contribution is 9.10. The summed E-state index contributed by atoms with van der Waals surface area (Å²) in [6, 6.07) is 8.03. The van der Waals surface area contributed by atoms with Crippen molar-refractivity contribution in [2.24, 2.45) is 0 Å². The summed E-state index contributed by atoms with van der Waals surface area (Å²) in [6.45, 7) is 0. The molecular weight excluding hydrogens is 320 g/mol. The van der Waals surface area contributed by atoms with E-state index in [-0.39, 0.29) is 18.2 Å². The molecule has 0 heterocycles. The third-order valence-corrected chi connectivity index (χ3v) is 4.21. The third-order valence-electron chi connectivity index (χ3n) is 3.72. The minimum absolute atomic E-state index is 0.0312. The molecule has 0 amide bonds. The van der Waals surface area contributed by atoms with Crippen molar-refractivity contribution < 1.29 is 14.3 Å². The Morgan fingerprint density at radius 1 is 1.35 bits per heavy atom. The predicted octanol–water partition coefficient (Wildman–Crippen LogP) is 3.88. The van der Waals surface area contributed by atoms with Crippen molar-refractivity contribution >= 4 is 21.9 Å². The molecule has 2 unspecified atom stereocenters. The lowest BCUT2D eigenvalue weighted by Gasteiger charge is -2.27. The number of benzene rings is 1. The summed E-state index contributed by atoms with van der Waals surface area (Å²) < 4.78 is 11.9. The van der Waals surface area contributed by atoms with E-state index in [2.05, 4.69) is 15.9 Å². The molecule has 0 spiro atoms. The molecule has 0 bridgehead atoms. The number of methoxy groups -OCH3 is 1. The molecule has 0 saturated heterocycles. The van der Waals surface area contributed by atoms with Crippen molar-refractivity contribution in [2.45, 2.75) is 50.7 Å². The van der Waals surface area contributed by atoms with Crippen LogP contribution in [0, 0.1) is 0 Å². The van der Waals surface area contributed by atoms with Gasteiger partial charge < -0.3 is 9.47 Å². The maximum absolute atomic E-state index is 11.9. The van der Waals surface area contributed by atoms with Crippen LogP contribution in [0.25, 0.3) is 0 Å². The maximum Gasteiger partial charge on any atom is 0.306 e. The molecule has 20 heavy (non-hydrogen) atoms. The fourth-order valence-corrected chi connectivity index (χ4v) is 3.05. The van der Waals surface area contributed by atoms with Gasteiger partial charge in [-0.1, -0.05) is 28.1 Å². The average molecular weight is 341 g/mol. The summed E-state index contributed by atoms with van der Waals surface area (Å²) in [5, 5.41) is 0. The van der Waals surface area contributed by atoms with Crippen LogP contribution in [0.15, 0.2) is 28.7 Å². The monoisotopic (exact) mass is 340 g/mol. The second kappa shape index (κ2) is 7.79. The standard InChI is InChI=1S/C16H21BrO3/c1-19-14-6-3-7-15(11-14)20-16(18)9-8-12-4-2-5-13(17)10-12/h2,4-5,10,14-15H,3,6-9,11H2,1H3. The zero-order chi connectivity index (χ0) is 14.4. The number of hydrogen-bond acceptors (Lipinski definition) is 3. The Hall–Kier alpha value is -0.870. The summed E-state index contributed by atoms with van der Waals surface area (Å²) in [5.74, 6) is -0.105. The Morgan fingerprint density at radius 2 is 2.15 bits per heavy atom. The number of rotatable bonds is 5. The van der Waals surface area contributed by atoms with Gasteiger partial charge in [-0.05, 0) is 43.4 Å². The Bertz CT molecular complexity index is 447. The van der Waals surface area contributed by atoms with Crippen LogP contribution in [0.5, 0.6) is 0 Å². The SMILES string of the molecule is COC1CCCC(OC(=O)CCc2cccc(Br)c2)C1. The van der Waals surface area contributed by atoms with E-state index in [4.69, 9.17) is 9.47 Å². The summed E-state index contributed by atoms with van der Waals surface area (Å²) >= 11 is 3.43. The third kappa shape index (κ3) is 4.91. The van der Waals surface area contributed by atoms with Crippen LogP contribution in [0.1, 0.15) is 37.7 Å². The summed E-state index contributed by atoms with van der Waals surface area (Å²) in [7, 11) is 1.72. The lowest BCUT2D eigenvalue weighted by Crippen LogP contribution is -2.29. The van der Waals surface area contributed by atoms with Gasteiger partial charge in [0.1, 0.15) is 6.10 Å². The highest BCUT2D eigenvalue weighted by Crippen LogP contribution is 2.23. The molecule has 1 fully saturated rings. The highest BCUT2D eigenvalue weighted by atomic mass is 79.9. The molecule has 1 aromatic rings. The first-order valence-corrected chi connectivity index (χ1v) is 7.93. The van der Waals surface area contributed by atoms with E-state index in [0.717, 1.165) is 42.1 Å². The topological polar surface area (TPSA) is 35.5 Å². The van der Waals surface area contributed by atoms with Gasteiger partial charge in [0.05, 0.1) is 6.10 Å². The van der Waals surface area contributed by atoms with Crippen LogP contribution in [-0.2, 0) is 20.7 Å². The number of esters is 1. The molecule has 0 radical (unpaired) electrons. The van der Waals surface area contributed by atoms with Crippen LogP contribution in [-0.4, -0.2) is 25.3 Å². The largest absolute Gasteiger partial charge is 0.462 e. The van der Waals surface area contributed by atoms with Gasteiger partial charge in [-0.15, -0.1) is 0 Å². The lowest BCUT2D eigenvalue weighted by atomic mass is 9.95. The van der Waals surface area contributed by atoms with Gasteiger partial charge in [0.25, 0.3) is 0 Å². The smallest absolute Gasteiger partial charge is 0.306 e. The number of aryl methyl sites for hydroxylation is 1. The van der Waals surface area contributed by atoms with Crippen molar-refractivity contribution in [3.63, 3.8) is 0 Å². The Morgan fingerprint density at radius 3 is 2.90 bits per heavy atom. The van der Waals surface area contributed by atoms with Gasteiger partial charge in [0.15, 0.2) is 0 Å². The molecule has 1 aliphatic carbocycles. The van der Waals surface area contributed by atoms with Crippen LogP contribution in [0.3, 0.4) is 0 Å². The molecule has 1 saturated carbocycles. The molecule has 110 valence electrons. The summed E-state index contributed by atoms with van der Waals surface area (Å²) in [6.07, 6.45) is 5.37. The lowest BCUT2D eigenvalue weighted by molar-refractivity contribution is -0.152. The minimum Gasteiger partial charge on any atom is -0.462 e. The molecule has 2 rings (SSSR count). The first-order chi connectivity index (χ1) is 9.67. The summed E-state index contributed by atoms with van der Waals surface area (Å²) in [4.78, 5) is 11.9. The number of ether oxygens (including phenoxy) is 2. The van der Waals surface area contributed by atoms with E-state index in [1.165, 1.54) is 0 Å². The van der Waals surface area contributed by atoms with Crippen molar-refractivity contribution in [1.82, 2.24) is 0 Å². The Balaban J connectivity index is 1.75. The van der Waals surface area contributed by atoms with Crippen LogP contribution < -0.4 is 0 Å². The van der Waals surface area contributed by atoms with Crippen molar-refractivity contribution in [2.75, 3.05) is 7.11 Å². The molecule has 0 N–H and O–H groups in total. The number of hydrogen-bond donors (Lipinski definition) is 0. The van der Waals surface area contributed by atoms with Crippen LogP contribution in [0.4, 0.5) is 0 Å². The zero-order valence-electron chi connectivity index (χ0n) is 11.8. The van der Waals surface area contributed by atoms with Gasteiger partial charge in [0, 0.05) is 24.4 Å². The molecule has 2 atom stereocenters. The first-order valence-electron chi connectivity index (χ1n) is 7.14. The van der Waals surface area contributed by atoms with Gasteiger partial charge in [-0.2, -0.15) is 0 Å².